The number of anilines is 1. The van der Waals surface area contributed by atoms with Crippen molar-refractivity contribution in [3.8, 4) is 11.3 Å². The van der Waals surface area contributed by atoms with Crippen molar-refractivity contribution in [2.45, 2.75) is 34.1 Å². The molecular formula is C15H20N4. The monoisotopic (exact) mass is 256 g/mol. The molecule has 0 aromatic carbocycles. The molecule has 1 N–H and O–H groups in total. The molecule has 0 saturated heterocycles. The minimum Gasteiger partial charge on any atom is -0.370 e. The van der Waals surface area contributed by atoms with E-state index in [0.29, 0.717) is 0 Å². The zero-order valence-corrected chi connectivity index (χ0v) is 12.0. The minimum absolute atomic E-state index is 0.787. The van der Waals surface area contributed by atoms with E-state index in [1.54, 1.807) is 6.20 Å². The second-order valence-electron chi connectivity index (χ2n) is 4.71. The van der Waals surface area contributed by atoms with E-state index in [0.717, 1.165) is 47.0 Å². The molecule has 2 rings (SSSR count). The van der Waals surface area contributed by atoms with Gasteiger partial charge in [0.1, 0.15) is 11.6 Å². The molecular weight excluding hydrogens is 236 g/mol. The van der Waals surface area contributed by atoms with Gasteiger partial charge in [0.25, 0.3) is 0 Å². The average molecular weight is 256 g/mol. The topological polar surface area (TPSA) is 50.7 Å². The summed E-state index contributed by atoms with van der Waals surface area (Å²) in [5.74, 6) is 1.72. The van der Waals surface area contributed by atoms with E-state index in [1.807, 2.05) is 19.2 Å². The van der Waals surface area contributed by atoms with Gasteiger partial charge in [-0.15, -0.1) is 0 Å². The van der Waals surface area contributed by atoms with E-state index in [9.17, 15) is 0 Å². The number of nitrogens with one attached hydrogen (secondary N) is 1. The molecule has 0 aliphatic rings. The first-order chi connectivity index (χ1) is 9.13. The van der Waals surface area contributed by atoms with E-state index in [1.165, 1.54) is 0 Å². The van der Waals surface area contributed by atoms with Crippen molar-refractivity contribution < 1.29 is 0 Å². The number of aryl methyl sites for hydroxylation is 2. The number of rotatable bonds is 4. The Labute approximate surface area is 114 Å². The van der Waals surface area contributed by atoms with Gasteiger partial charge in [-0.3, -0.25) is 4.98 Å². The molecule has 4 nitrogen and oxygen atoms in total. The lowest BCUT2D eigenvalue weighted by Crippen LogP contribution is -2.07. The molecule has 2 aromatic heterocycles. The van der Waals surface area contributed by atoms with Crippen LogP contribution >= 0.6 is 0 Å². The summed E-state index contributed by atoms with van der Waals surface area (Å²) < 4.78 is 0. The molecule has 19 heavy (non-hydrogen) atoms. The van der Waals surface area contributed by atoms with Crippen LogP contribution in [0.3, 0.4) is 0 Å². The maximum atomic E-state index is 4.59. The van der Waals surface area contributed by atoms with Crippen LogP contribution in [-0.2, 0) is 0 Å². The highest BCUT2D eigenvalue weighted by molar-refractivity contribution is 5.70. The molecule has 0 aliphatic heterocycles. The van der Waals surface area contributed by atoms with Crippen LogP contribution in [-0.4, -0.2) is 21.5 Å². The largest absolute Gasteiger partial charge is 0.370 e. The number of aromatic nitrogens is 3. The molecule has 0 spiro atoms. The fraction of sp³-hybridized carbons (Fsp3) is 0.400. The predicted octanol–water partition coefficient (Wildman–Crippen LogP) is 3.29. The fourth-order valence-electron chi connectivity index (χ4n) is 2.05. The second kappa shape index (κ2) is 5.78. The van der Waals surface area contributed by atoms with E-state index < -0.39 is 0 Å². The van der Waals surface area contributed by atoms with Crippen molar-refractivity contribution in [3.63, 3.8) is 0 Å². The molecule has 2 aromatic rings. The molecule has 0 unspecified atom stereocenters. The summed E-state index contributed by atoms with van der Waals surface area (Å²) in [5.41, 5.74) is 4.34. The van der Waals surface area contributed by atoms with Gasteiger partial charge in [-0.05, 0) is 38.8 Å². The lowest BCUT2D eigenvalue weighted by atomic mass is 10.0. The van der Waals surface area contributed by atoms with Crippen molar-refractivity contribution in [3.05, 3.63) is 35.4 Å². The Morgan fingerprint density at radius 3 is 2.63 bits per heavy atom. The zero-order chi connectivity index (χ0) is 13.8. The molecule has 0 saturated carbocycles. The van der Waals surface area contributed by atoms with Gasteiger partial charge in [0, 0.05) is 30.1 Å². The van der Waals surface area contributed by atoms with Crippen LogP contribution in [0.15, 0.2) is 18.5 Å². The lowest BCUT2D eigenvalue weighted by molar-refractivity contribution is 0.947. The normalized spacial score (nSPS) is 10.5. The molecule has 0 radical (unpaired) electrons. The third-order valence-electron chi connectivity index (χ3n) is 3.08. The summed E-state index contributed by atoms with van der Waals surface area (Å²) in [4.78, 5) is 13.2. The van der Waals surface area contributed by atoms with E-state index >= 15 is 0 Å². The first kappa shape index (κ1) is 13.5. The highest BCUT2D eigenvalue weighted by Crippen LogP contribution is 2.27. The quantitative estimate of drug-likeness (QED) is 0.912. The van der Waals surface area contributed by atoms with Crippen LogP contribution in [0.4, 0.5) is 5.82 Å². The van der Waals surface area contributed by atoms with Crippen LogP contribution < -0.4 is 5.32 Å². The van der Waals surface area contributed by atoms with Crippen molar-refractivity contribution in [2.75, 3.05) is 11.9 Å². The maximum absolute atomic E-state index is 4.59. The summed E-state index contributed by atoms with van der Waals surface area (Å²) in [6.45, 7) is 9.11. The maximum Gasteiger partial charge on any atom is 0.133 e. The van der Waals surface area contributed by atoms with Crippen molar-refractivity contribution >= 4 is 5.82 Å². The van der Waals surface area contributed by atoms with Gasteiger partial charge >= 0.3 is 0 Å². The Kier molecular flexibility index (Phi) is 4.10. The summed E-state index contributed by atoms with van der Waals surface area (Å²) in [5, 5.41) is 3.37. The van der Waals surface area contributed by atoms with Crippen LogP contribution in [0, 0.1) is 20.8 Å². The van der Waals surface area contributed by atoms with Crippen LogP contribution in [0.1, 0.15) is 30.3 Å². The minimum atomic E-state index is 0.787. The van der Waals surface area contributed by atoms with Gasteiger partial charge in [0.2, 0.25) is 0 Å². The number of pyridine rings is 1. The summed E-state index contributed by atoms with van der Waals surface area (Å²) in [6, 6.07) is 2.01. The molecule has 0 amide bonds. The number of hydrogen-bond donors (Lipinski definition) is 1. The molecule has 4 heteroatoms. The SMILES string of the molecule is CCCNc1nc(C)nc(-c2ccncc2C)c1C. The van der Waals surface area contributed by atoms with E-state index in [4.69, 9.17) is 0 Å². The predicted molar refractivity (Wildman–Crippen MR) is 78.3 cm³/mol. The smallest absolute Gasteiger partial charge is 0.133 e. The fourth-order valence-corrected chi connectivity index (χ4v) is 2.05. The van der Waals surface area contributed by atoms with Crippen molar-refractivity contribution in [1.29, 1.82) is 0 Å². The zero-order valence-electron chi connectivity index (χ0n) is 12.0. The third kappa shape index (κ3) is 2.89. The molecule has 0 aliphatic carbocycles. The van der Waals surface area contributed by atoms with Crippen molar-refractivity contribution in [2.24, 2.45) is 0 Å². The van der Waals surface area contributed by atoms with Crippen molar-refractivity contribution in [1.82, 2.24) is 15.0 Å². The lowest BCUT2D eigenvalue weighted by Gasteiger charge is -2.13. The standard InChI is InChI=1S/C15H20N4/c1-5-7-17-15-11(3)14(18-12(4)19-15)13-6-8-16-9-10(13)2/h6,8-9H,5,7H2,1-4H3,(H,17,18,19). The van der Waals surface area contributed by atoms with E-state index in [2.05, 4.69) is 41.0 Å². The average Bonchev–Trinajstić information content (AvgIpc) is 2.40. The van der Waals surface area contributed by atoms with Gasteiger partial charge in [0.15, 0.2) is 0 Å². The number of nitrogens with zero attached hydrogens (tertiary/aromatic N) is 3. The molecule has 0 fully saturated rings. The van der Waals surface area contributed by atoms with E-state index in [-0.39, 0.29) is 0 Å². The Hall–Kier alpha value is -1.97. The summed E-state index contributed by atoms with van der Waals surface area (Å²) in [6.07, 6.45) is 4.75. The van der Waals surface area contributed by atoms with Crippen LogP contribution in [0.2, 0.25) is 0 Å². The summed E-state index contributed by atoms with van der Waals surface area (Å²) in [7, 11) is 0. The van der Waals surface area contributed by atoms with Gasteiger partial charge in [0.05, 0.1) is 5.69 Å². The molecule has 0 atom stereocenters. The molecule has 2 heterocycles. The first-order valence-corrected chi connectivity index (χ1v) is 6.63. The Morgan fingerprint density at radius 2 is 1.95 bits per heavy atom. The van der Waals surface area contributed by atoms with Gasteiger partial charge in [-0.2, -0.15) is 0 Å². The third-order valence-corrected chi connectivity index (χ3v) is 3.08. The number of hydrogen-bond acceptors (Lipinski definition) is 4. The van der Waals surface area contributed by atoms with Crippen LogP contribution in [0.25, 0.3) is 11.3 Å². The second-order valence-corrected chi connectivity index (χ2v) is 4.71. The summed E-state index contributed by atoms with van der Waals surface area (Å²) >= 11 is 0. The van der Waals surface area contributed by atoms with Gasteiger partial charge in [-0.25, -0.2) is 9.97 Å². The van der Waals surface area contributed by atoms with Crippen LogP contribution in [0.5, 0.6) is 0 Å². The Bertz CT molecular complexity index is 578. The van der Waals surface area contributed by atoms with Gasteiger partial charge in [-0.1, -0.05) is 6.92 Å². The Morgan fingerprint density at radius 1 is 1.16 bits per heavy atom. The molecule has 0 bridgehead atoms. The highest BCUT2D eigenvalue weighted by Gasteiger charge is 2.12. The van der Waals surface area contributed by atoms with Gasteiger partial charge < -0.3 is 5.32 Å². The highest BCUT2D eigenvalue weighted by atomic mass is 15.0. The Balaban J connectivity index is 2.52. The first-order valence-electron chi connectivity index (χ1n) is 6.63. The molecule has 100 valence electrons.